The zero-order valence-electron chi connectivity index (χ0n) is 9.60. The second kappa shape index (κ2) is 4.72. The minimum absolute atomic E-state index is 0.529. The van der Waals surface area contributed by atoms with Crippen LogP contribution in [0.15, 0.2) is 0 Å². The second-order valence-corrected chi connectivity index (χ2v) is 6.69. The van der Waals surface area contributed by atoms with Crippen molar-refractivity contribution in [1.29, 1.82) is 0 Å². The molecule has 0 aromatic heterocycles. The van der Waals surface area contributed by atoms with Crippen molar-refractivity contribution in [3.05, 3.63) is 0 Å². The molecule has 0 amide bonds. The maximum atomic E-state index is 2.37. The van der Waals surface area contributed by atoms with Gasteiger partial charge in [0.1, 0.15) is 0 Å². The van der Waals surface area contributed by atoms with Crippen molar-refractivity contribution in [2.75, 3.05) is 11.5 Å². The van der Waals surface area contributed by atoms with Crippen molar-refractivity contribution in [2.24, 2.45) is 17.3 Å². The van der Waals surface area contributed by atoms with Crippen LogP contribution >= 0.6 is 11.8 Å². The van der Waals surface area contributed by atoms with Crippen LogP contribution in [0.5, 0.6) is 0 Å². The van der Waals surface area contributed by atoms with Gasteiger partial charge in [0.05, 0.1) is 0 Å². The molecule has 1 aliphatic heterocycles. The highest BCUT2D eigenvalue weighted by molar-refractivity contribution is 7.99. The van der Waals surface area contributed by atoms with E-state index in [0.29, 0.717) is 5.41 Å². The Morgan fingerprint density at radius 1 is 1.15 bits per heavy atom. The molecule has 1 fully saturated rings. The molecule has 0 nitrogen and oxygen atoms in total. The van der Waals surface area contributed by atoms with Crippen LogP contribution in [0.1, 0.15) is 47.0 Å². The molecule has 0 radical (unpaired) electrons. The van der Waals surface area contributed by atoms with Crippen molar-refractivity contribution < 1.29 is 0 Å². The summed E-state index contributed by atoms with van der Waals surface area (Å²) in [5.74, 6) is 4.87. The van der Waals surface area contributed by atoms with Gasteiger partial charge in [-0.3, -0.25) is 0 Å². The second-order valence-electron chi connectivity index (χ2n) is 5.61. The molecule has 1 heteroatoms. The van der Waals surface area contributed by atoms with E-state index in [2.05, 4.69) is 39.5 Å². The van der Waals surface area contributed by atoms with Crippen molar-refractivity contribution in [3.63, 3.8) is 0 Å². The summed E-state index contributed by atoms with van der Waals surface area (Å²) in [4.78, 5) is 0. The number of hydrogen-bond acceptors (Lipinski definition) is 1. The van der Waals surface area contributed by atoms with Gasteiger partial charge in [0.15, 0.2) is 0 Å². The Hall–Kier alpha value is 0.350. The first-order valence-corrected chi connectivity index (χ1v) is 6.76. The molecular formula is C12H24S. The third-order valence-corrected chi connectivity index (χ3v) is 4.19. The first kappa shape index (κ1) is 11.4. The highest BCUT2D eigenvalue weighted by atomic mass is 32.2. The molecule has 1 rings (SSSR count). The quantitative estimate of drug-likeness (QED) is 0.658. The Morgan fingerprint density at radius 2 is 1.77 bits per heavy atom. The molecule has 0 saturated carbocycles. The van der Waals surface area contributed by atoms with Gasteiger partial charge in [-0.1, -0.05) is 34.1 Å². The summed E-state index contributed by atoms with van der Waals surface area (Å²) in [6.45, 7) is 9.44. The van der Waals surface area contributed by atoms with Crippen LogP contribution in [0.25, 0.3) is 0 Å². The van der Waals surface area contributed by atoms with Crippen LogP contribution in [0.4, 0.5) is 0 Å². The lowest BCUT2D eigenvalue weighted by molar-refractivity contribution is 0.255. The number of hydrogen-bond donors (Lipinski definition) is 0. The van der Waals surface area contributed by atoms with Gasteiger partial charge in [-0.2, -0.15) is 11.8 Å². The largest absolute Gasteiger partial charge is 0.161 e. The summed E-state index contributed by atoms with van der Waals surface area (Å²) < 4.78 is 0. The van der Waals surface area contributed by atoms with E-state index in [1.54, 1.807) is 0 Å². The Morgan fingerprint density at radius 3 is 2.31 bits per heavy atom. The van der Waals surface area contributed by atoms with Crippen LogP contribution in [-0.2, 0) is 0 Å². The third kappa shape index (κ3) is 3.93. The first-order valence-electron chi connectivity index (χ1n) is 5.60. The van der Waals surface area contributed by atoms with Crippen molar-refractivity contribution in [3.8, 4) is 0 Å². The van der Waals surface area contributed by atoms with Crippen LogP contribution < -0.4 is 0 Å². The van der Waals surface area contributed by atoms with E-state index in [9.17, 15) is 0 Å². The fourth-order valence-electron chi connectivity index (χ4n) is 2.34. The summed E-state index contributed by atoms with van der Waals surface area (Å²) in [6, 6.07) is 0. The number of thioether (sulfide) groups is 1. The Balaban J connectivity index is 2.39. The fourth-order valence-corrected chi connectivity index (χ4v) is 3.92. The van der Waals surface area contributed by atoms with Crippen LogP contribution in [0, 0.1) is 17.3 Å². The minimum atomic E-state index is 0.529. The molecule has 0 bridgehead atoms. The molecule has 1 heterocycles. The Bertz CT molecular complexity index is 146. The van der Waals surface area contributed by atoms with E-state index >= 15 is 0 Å². The monoisotopic (exact) mass is 200 g/mol. The molecule has 0 N–H and O–H groups in total. The number of rotatable bonds is 3. The topological polar surface area (TPSA) is 0 Å². The van der Waals surface area contributed by atoms with Gasteiger partial charge in [-0.15, -0.1) is 0 Å². The molecule has 1 saturated heterocycles. The Labute approximate surface area is 87.9 Å². The SMILES string of the molecule is CCC[C@@H]1CSC[C@H]1CC(C)(C)C. The van der Waals surface area contributed by atoms with Crippen LogP contribution in [0.2, 0.25) is 0 Å². The summed E-state index contributed by atoms with van der Waals surface area (Å²) >= 11 is 2.17. The fraction of sp³-hybridized carbons (Fsp3) is 1.00. The van der Waals surface area contributed by atoms with E-state index in [0.717, 1.165) is 11.8 Å². The van der Waals surface area contributed by atoms with Gasteiger partial charge in [0.25, 0.3) is 0 Å². The molecule has 0 unspecified atom stereocenters. The zero-order chi connectivity index (χ0) is 9.90. The van der Waals surface area contributed by atoms with E-state index in [1.165, 1.54) is 30.8 Å². The normalized spacial score (nSPS) is 29.5. The van der Waals surface area contributed by atoms with Crippen molar-refractivity contribution in [2.45, 2.75) is 47.0 Å². The summed E-state index contributed by atoms with van der Waals surface area (Å²) in [6.07, 6.45) is 4.24. The highest BCUT2D eigenvalue weighted by Crippen LogP contribution is 2.39. The maximum absolute atomic E-state index is 2.37. The van der Waals surface area contributed by atoms with E-state index in [4.69, 9.17) is 0 Å². The molecule has 2 atom stereocenters. The lowest BCUT2D eigenvalue weighted by Gasteiger charge is -2.26. The average Bonchev–Trinajstić information content (AvgIpc) is 2.34. The summed E-state index contributed by atoms with van der Waals surface area (Å²) in [7, 11) is 0. The van der Waals surface area contributed by atoms with Gasteiger partial charge in [0, 0.05) is 0 Å². The molecular weight excluding hydrogens is 176 g/mol. The van der Waals surface area contributed by atoms with Crippen molar-refractivity contribution >= 4 is 11.8 Å². The summed E-state index contributed by atoms with van der Waals surface area (Å²) in [5.41, 5.74) is 0.529. The molecule has 0 spiro atoms. The molecule has 0 aliphatic carbocycles. The van der Waals surface area contributed by atoms with Gasteiger partial charge >= 0.3 is 0 Å². The summed E-state index contributed by atoms with van der Waals surface area (Å²) in [5, 5.41) is 0. The predicted octanol–water partition coefficient (Wildman–Crippen LogP) is 4.20. The average molecular weight is 200 g/mol. The van der Waals surface area contributed by atoms with Crippen LogP contribution in [0.3, 0.4) is 0 Å². The highest BCUT2D eigenvalue weighted by Gasteiger charge is 2.30. The van der Waals surface area contributed by atoms with E-state index in [1.807, 2.05) is 0 Å². The van der Waals surface area contributed by atoms with Crippen LogP contribution in [-0.4, -0.2) is 11.5 Å². The van der Waals surface area contributed by atoms with Gasteiger partial charge in [-0.05, 0) is 41.6 Å². The third-order valence-electron chi connectivity index (χ3n) is 2.86. The lowest BCUT2D eigenvalue weighted by Crippen LogP contribution is -2.19. The predicted molar refractivity (Wildman–Crippen MR) is 63.3 cm³/mol. The minimum Gasteiger partial charge on any atom is -0.161 e. The van der Waals surface area contributed by atoms with Gasteiger partial charge in [0.2, 0.25) is 0 Å². The smallest absolute Gasteiger partial charge is 0.00359 e. The Kier molecular flexibility index (Phi) is 4.15. The maximum Gasteiger partial charge on any atom is -0.00359 e. The van der Waals surface area contributed by atoms with Gasteiger partial charge < -0.3 is 0 Å². The zero-order valence-corrected chi connectivity index (χ0v) is 10.4. The van der Waals surface area contributed by atoms with Crippen molar-refractivity contribution in [1.82, 2.24) is 0 Å². The molecule has 0 aromatic rings. The van der Waals surface area contributed by atoms with E-state index in [-0.39, 0.29) is 0 Å². The van der Waals surface area contributed by atoms with E-state index < -0.39 is 0 Å². The standard InChI is InChI=1S/C12H24S/c1-5-6-10-8-13-9-11(10)7-12(2,3)4/h10-11H,5-9H2,1-4H3/t10-,11-/m1/s1. The molecule has 0 aromatic carbocycles. The lowest BCUT2D eigenvalue weighted by atomic mass is 9.79. The van der Waals surface area contributed by atoms with Gasteiger partial charge in [-0.25, -0.2) is 0 Å². The molecule has 1 aliphatic rings. The molecule has 78 valence electrons. The molecule has 13 heavy (non-hydrogen) atoms. The first-order chi connectivity index (χ1) is 6.03.